The monoisotopic (exact) mass is 391 g/mol. The zero-order chi connectivity index (χ0) is 20.0. The SMILES string of the molecule is Cc1nc2cccc(-c3cc4c([nH]3)CCNC4=O)c2nc1NC1(C)CCOCC1. The Morgan fingerprint density at radius 2 is 2.00 bits per heavy atom. The lowest BCUT2D eigenvalue weighted by atomic mass is 9.92. The average molecular weight is 391 g/mol. The minimum Gasteiger partial charge on any atom is -0.381 e. The summed E-state index contributed by atoms with van der Waals surface area (Å²) in [5.74, 6) is 0.786. The Balaban J connectivity index is 1.59. The van der Waals surface area contributed by atoms with Crippen LogP contribution in [0.4, 0.5) is 5.82 Å². The highest BCUT2D eigenvalue weighted by Gasteiger charge is 2.28. The van der Waals surface area contributed by atoms with E-state index in [4.69, 9.17) is 14.7 Å². The van der Waals surface area contributed by atoms with Gasteiger partial charge >= 0.3 is 0 Å². The first kappa shape index (κ1) is 18.1. The van der Waals surface area contributed by atoms with Gasteiger partial charge in [0.15, 0.2) is 0 Å². The molecule has 7 heteroatoms. The van der Waals surface area contributed by atoms with Crippen molar-refractivity contribution in [1.29, 1.82) is 0 Å². The normalized spacial score (nSPS) is 18.3. The van der Waals surface area contributed by atoms with Crippen LogP contribution in [0, 0.1) is 6.92 Å². The van der Waals surface area contributed by atoms with E-state index < -0.39 is 0 Å². The number of carbonyl (C=O) groups is 1. The van der Waals surface area contributed by atoms with Gasteiger partial charge in [-0.05, 0) is 38.8 Å². The summed E-state index contributed by atoms with van der Waals surface area (Å²) in [6.07, 6.45) is 2.68. The van der Waals surface area contributed by atoms with Crippen LogP contribution in [-0.4, -0.2) is 46.2 Å². The topological polar surface area (TPSA) is 91.9 Å². The number of aromatic amines is 1. The zero-order valence-corrected chi connectivity index (χ0v) is 16.8. The number of ether oxygens (including phenoxy) is 1. The van der Waals surface area contributed by atoms with E-state index in [1.165, 1.54) is 0 Å². The lowest BCUT2D eigenvalue weighted by molar-refractivity contribution is 0.0657. The number of anilines is 1. The van der Waals surface area contributed by atoms with Gasteiger partial charge in [-0.3, -0.25) is 4.79 Å². The highest BCUT2D eigenvalue weighted by atomic mass is 16.5. The van der Waals surface area contributed by atoms with Gasteiger partial charge in [0, 0.05) is 48.7 Å². The predicted octanol–water partition coefficient (Wildman–Crippen LogP) is 3.20. The number of fused-ring (bicyclic) bond motifs is 2. The van der Waals surface area contributed by atoms with E-state index in [0.717, 1.165) is 77.5 Å². The molecule has 29 heavy (non-hydrogen) atoms. The van der Waals surface area contributed by atoms with Crippen molar-refractivity contribution in [3.8, 4) is 11.3 Å². The second-order valence-electron chi connectivity index (χ2n) is 8.21. The van der Waals surface area contributed by atoms with Crippen LogP contribution in [0.1, 0.15) is 41.5 Å². The third-order valence-corrected chi connectivity index (χ3v) is 5.98. The minimum atomic E-state index is -0.0517. The lowest BCUT2D eigenvalue weighted by Gasteiger charge is -2.35. The fourth-order valence-corrected chi connectivity index (χ4v) is 4.17. The van der Waals surface area contributed by atoms with Gasteiger partial charge in [-0.15, -0.1) is 0 Å². The fourth-order valence-electron chi connectivity index (χ4n) is 4.17. The van der Waals surface area contributed by atoms with Crippen LogP contribution in [0.5, 0.6) is 0 Å². The number of nitrogens with one attached hydrogen (secondary N) is 3. The molecule has 2 aliphatic rings. The van der Waals surface area contributed by atoms with Gasteiger partial charge in [-0.25, -0.2) is 9.97 Å². The Morgan fingerprint density at radius 1 is 1.17 bits per heavy atom. The lowest BCUT2D eigenvalue weighted by Crippen LogP contribution is -2.41. The average Bonchev–Trinajstić information content (AvgIpc) is 3.14. The van der Waals surface area contributed by atoms with Crippen molar-refractivity contribution in [3.05, 3.63) is 41.2 Å². The molecule has 3 N–H and O–H groups in total. The number of benzene rings is 1. The first-order chi connectivity index (χ1) is 14.0. The molecule has 0 unspecified atom stereocenters. The quantitative estimate of drug-likeness (QED) is 0.638. The maximum atomic E-state index is 12.2. The Labute approximate surface area is 169 Å². The van der Waals surface area contributed by atoms with Gasteiger partial charge in [0.2, 0.25) is 0 Å². The Morgan fingerprint density at radius 3 is 2.79 bits per heavy atom. The van der Waals surface area contributed by atoms with Gasteiger partial charge in [0.1, 0.15) is 11.3 Å². The molecule has 0 atom stereocenters. The minimum absolute atomic E-state index is 0.0225. The van der Waals surface area contributed by atoms with Crippen molar-refractivity contribution >= 4 is 22.8 Å². The third-order valence-electron chi connectivity index (χ3n) is 5.98. The van der Waals surface area contributed by atoms with E-state index in [9.17, 15) is 4.79 Å². The number of rotatable bonds is 3. The summed E-state index contributed by atoms with van der Waals surface area (Å²) in [6.45, 7) is 6.37. The van der Waals surface area contributed by atoms with E-state index >= 15 is 0 Å². The highest BCUT2D eigenvalue weighted by molar-refractivity contribution is 5.99. The first-order valence-electron chi connectivity index (χ1n) is 10.2. The fraction of sp³-hybridized carbons (Fsp3) is 0.409. The molecule has 5 rings (SSSR count). The maximum Gasteiger partial charge on any atom is 0.253 e. The van der Waals surface area contributed by atoms with E-state index in [0.29, 0.717) is 6.54 Å². The highest BCUT2D eigenvalue weighted by Crippen LogP contribution is 2.32. The number of nitrogens with zero attached hydrogens (tertiary/aromatic N) is 2. The summed E-state index contributed by atoms with van der Waals surface area (Å²) in [7, 11) is 0. The summed E-state index contributed by atoms with van der Waals surface area (Å²) in [5.41, 5.74) is 6.06. The molecule has 1 saturated heterocycles. The molecule has 0 radical (unpaired) electrons. The molecule has 2 aromatic heterocycles. The van der Waals surface area contributed by atoms with E-state index in [1.54, 1.807) is 0 Å². The van der Waals surface area contributed by atoms with E-state index in [-0.39, 0.29) is 11.4 Å². The standard InChI is InChI=1S/C22H25N5O2/c1-13-20(27-22(2)7-10-29-11-8-22)26-19-14(4-3-5-17(19)24-13)18-12-15-16(25-18)6-9-23-21(15)28/h3-5,12,25H,6-11H2,1-2H3,(H,23,28)(H,26,27). The molecule has 0 bridgehead atoms. The molecule has 1 fully saturated rings. The van der Waals surface area contributed by atoms with Crippen molar-refractivity contribution in [1.82, 2.24) is 20.3 Å². The summed E-state index contributed by atoms with van der Waals surface area (Å²) in [4.78, 5) is 25.4. The molecular formula is C22H25N5O2. The summed E-state index contributed by atoms with van der Waals surface area (Å²) in [6, 6.07) is 7.92. The van der Waals surface area contributed by atoms with Gasteiger partial charge < -0.3 is 20.4 Å². The number of carbonyl (C=O) groups excluding carboxylic acids is 1. The Kier molecular flexibility index (Phi) is 4.28. The molecule has 2 aliphatic heterocycles. The second-order valence-corrected chi connectivity index (χ2v) is 8.21. The summed E-state index contributed by atoms with van der Waals surface area (Å²) in [5, 5.41) is 6.52. The third kappa shape index (κ3) is 3.25. The number of aromatic nitrogens is 3. The van der Waals surface area contributed by atoms with Crippen molar-refractivity contribution in [3.63, 3.8) is 0 Å². The molecule has 0 saturated carbocycles. The van der Waals surface area contributed by atoms with E-state index in [1.807, 2.05) is 31.2 Å². The molecule has 1 aromatic carbocycles. The summed E-state index contributed by atoms with van der Waals surface area (Å²) >= 11 is 0. The number of H-pyrrole nitrogens is 1. The predicted molar refractivity (Wildman–Crippen MR) is 112 cm³/mol. The van der Waals surface area contributed by atoms with Gasteiger partial charge in [0.05, 0.1) is 16.8 Å². The van der Waals surface area contributed by atoms with Crippen LogP contribution in [0.3, 0.4) is 0 Å². The largest absolute Gasteiger partial charge is 0.381 e. The van der Waals surface area contributed by atoms with Crippen molar-refractivity contribution in [2.24, 2.45) is 0 Å². The Bertz CT molecular complexity index is 1100. The van der Waals surface area contributed by atoms with Crippen LogP contribution in [0.2, 0.25) is 0 Å². The maximum absolute atomic E-state index is 12.2. The molecule has 1 amide bonds. The molecule has 0 spiro atoms. The van der Waals surface area contributed by atoms with Gasteiger partial charge in [-0.1, -0.05) is 12.1 Å². The van der Waals surface area contributed by atoms with Crippen molar-refractivity contribution in [2.45, 2.75) is 38.6 Å². The number of hydrogen-bond donors (Lipinski definition) is 3. The molecule has 0 aliphatic carbocycles. The molecule has 150 valence electrons. The Hall–Kier alpha value is -2.93. The van der Waals surface area contributed by atoms with Crippen molar-refractivity contribution in [2.75, 3.05) is 25.1 Å². The smallest absolute Gasteiger partial charge is 0.253 e. The van der Waals surface area contributed by atoms with Crippen LogP contribution in [-0.2, 0) is 11.2 Å². The van der Waals surface area contributed by atoms with Gasteiger partial charge in [0.25, 0.3) is 5.91 Å². The zero-order valence-electron chi connectivity index (χ0n) is 16.8. The molecule has 7 nitrogen and oxygen atoms in total. The summed E-state index contributed by atoms with van der Waals surface area (Å²) < 4.78 is 5.52. The number of aryl methyl sites for hydroxylation is 1. The van der Waals surface area contributed by atoms with Crippen LogP contribution in [0.15, 0.2) is 24.3 Å². The number of para-hydroxylation sites is 1. The van der Waals surface area contributed by atoms with Crippen LogP contribution in [0.25, 0.3) is 22.3 Å². The van der Waals surface area contributed by atoms with Crippen LogP contribution >= 0.6 is 0 Å². The molecule has 3 aromatic rings. The molecule has 4 heterocycles. The van der Waals surface area contributed by atoms with Crippen LogP contribution < -0.4 is 10.6 Å². The number of amides is 1. The van der Waals surface area contributed by atoms with Gasteiger partial charge in [-0.2, -0.15) is 0 Å². The first-order valence-corrected chi connectivity index (χ1v) is 10.2. The second kappa shape index (κ2) is 6.84. The number of hydrogen-bond acceptors (Lipinski definition) is 5. The molecular weight excluding hydrogens is 366 g/mol. The van der Waals surface area contributed by atoms with Crippen molar-refractivity contribution < 1.29 is 9.53 Å². The van der Waals surface area contributed by atoms with E-state index in [2.05, 4.69) is 22.5 Å².